The number of carbonyl (C=O) groups excluding carboxylic acids is 1. The summed E-state index contributed by atoms with van der Waals surface area (Å²) in [5, 5.41) is 14.3. The molecule has 160 valence electrons. The number of benzene rings is 2. The molecule has 1 heterocycles. The van der Waals surface area contributed by atoms with Gasteiger partial charge in [0, 0.05) is 19.2 Å². The average molecular weight is 413 g/mol. The average Bonchev–Trinajstić information content (AvgIpc) is 2.78. The molecule has 1 aliphatic heterocycles. The predicted molar refractivity (Wildman–Crippen MR) is 113 cm³/mol. The summed E-state index contributed by atoms with van der Waals surface area (Å²) in [6.45, 7) is 3.35. The highest BCUT2D eigenvalue weighted by atomic mass is 16.6. The second-order valence-electron chi connectivity index (χ2n) is 7.40. The standard InChI is InChI=1S/C22H27N3O5/c1-29-20-12-18(19(25(27)28)13-21(20)30-2)22(26)23-14-16-8-10-24(11-9-16)15-17-6-4-3-5-7-17/h3-7,12-13,16H,8-11,14-15H2,1-2H3,(H,23,26). The lowest BCUT2D eigenvalue weighted by Crippen LogP contribution is -2.38. The molecule has 1 N–H and O–H groups in total. The molecule has 1 amide bonds. The number of piperidine rings is 1. The SMILES string of the molecule is COc1cc(C(=O)NCC2CCN(Cc3ccccc3)CC2)c([N+](=O)[O-])cc1OC. The minimum Gasteiger partial charge on any atom is -0.493 e. The molecule has 0 saturated carbocycles. The molecule has 30 heavy (non-hydrogen) atoms. The van der Waals surface area contributed by atoms with E-state index in [2.05, 4.69) is 22.3 Å². The van der Waals surface area contributed by atoms with Gasteiger partial charge in [-0.2, -0.15) is 0 Å². The molecule has 3 rings (SSSR count). The van der Waals surface area contributed by atoms with E-state index in [4.69, 9.17) is 9.47 Å². The highest BCUT2D eigenvalue weighted by Crippen LogP contribution is 2.34. The number of nitro benzene ring substituents is 1. The fraction of sp³-hybridized carbons (Fsp3) is 0.409. The Labute approximate surface area is 175 Å². The van der Waals surface area contributed by atoms with E-state index in [1.807, 2.05) is 18.2 Å². The lowest BCUT2D eigenvalue weighted by molar-refractivity contribution is -0.385. The van der Waals surface area contributed by atoms with E-state index in [1.54, 1.807) is 0 Å². The van der Waals surface area contributed by atoms with Crippen molar-refractivity contribution >= 4 is 11.6 Å². The van der Waals surface area contributed by atoms with Crippen LogP contribution in [0.5, 0.6) is 11.5 Å². The lowest BCUT2D eigenvalue weighted by Gasteiger charge is -2.32. The van der Waals surface area contributed by atoms with Gasteiger partial charge in [0.25, 0.3) is 11.6 Å². The molecular weight excluding hydrogens is 386 g/mol. The van der Waals surface area contributed by atoms with Gasteiger partial charge >= 0.3 is 0 Å². The summed E-state index contributed by atoms with van der Waals surface area (Å²) in [5.41, 5.74) is 0.965. The summed E-state index contributed by atoms with van der Waals surface area (Å²) in [6.07, 6.45) is 1.95. The smallest absolute Gasteiger partial charge is 0.286 e. The summed E-state index contributed by atoms with van der Waals surface area (Å²) >= 11 is 0. The van der Waals surface area contributed by atoms with Gasteiger partial charge in [-0.05, 0) is 37.4 Å². The first-order valence-corrected chi connectivity index (χ1v) is 9.96. The van der Waals surface area contributed by atoms with Crippen molar-refractivity contribution in [2.45, 2.75) is 19.4 Å². The number of carbonyl (C=O) groups is 1. The van der Waals surface area contributed by atoms with E-state index < -0.39 is 10.8 Å². The molecule has 2 aromatic carbocycles. The molecular formula is C22H27N3O5. The van der Waals surface area contributed by atoms with Crippen LogP contribution in [0.25, 0.3) is 0 Å². The zero-order chi connectivity index (χ0) is 21.5. The monoisotopic (exact) mass is 413 g/mol. The number of nitrogens with one attached hydrogen (secondary N) is 1. The minimum absolute atomic E-state index is 0.0286. The fourth-order valence-electron chi connectivity index (χ4n) is 3.72. The third kappa shape index (κ3) is 5.27. The van der Waals surface area contributed by atoms with E-state index >= 15 is 0 Å². The summed E-state index contributed by atoms with van der Waals surface area (Å²) < 4.78 is 10.3. The third-order valence-corrected chi connectivity index (χ3v) is 5.45. The van der Waals surface area contributed by atoms with Gasteiger partial charge in [-0.1, -0.05) is 30.3 Å². The Morgan fingerprint density at radius 1 is 1.13 bits per heavy atom. The van der Waals surface area contributed by atoms with Crippen molar-refractivity contribution in [3.63, 3.8) is 0 Å². The van der Waals surface area contributed by atoms with E-state index in [1.165, 1.54) is 31.9 Å². The second-order valence-corrected chi connectivity index (χ2v) is 7.40. The first-order chi connectivity index (χ1) is 14.5. The van der Waals surface area contributed by atoms with E-state index in [9.17, 15) is 14.9 Å². The Morgan fingerprint density at radius 3 is 2.37 bits per heavy atom. The maximum absolute atomic E-state index is 12.7. The molecule has 0 aromatic heterocycles. The van der Waals surface area contributed by atoms with E-state index in [-0.39, 0.29) is 22.7 Å². The van der Waals surface area contributed by atoms with Crippen LogP contribution >= 0.6 is 0 Å². The number of likely N-dealkylation sites (tertiary alicyclic amines) is 1. The fourth-order valence-corrected chi connectivity index (χ4v) is 3.72. The van der Waals surface area contributed by atoms with Crippen LogP contribution in [0, 0.1) is 16.0 Å². The van der Waals surface area contributed by atoms with Crippen LogP contribution in [-0.2, 0) is 6.54 Å². The predicted octanol–water partition coefficient (Wildman–Crippen LogP) is 3.25. The van der Waals surface area contributed by atoms with Crippen LogP contribution in [0.3, 0.4) is 0 Å². The maximum atomic E-state index is 12.7. The van der Waals surface area contributed by atoms with Gasteiger partial charge in [0.05, 0.1) is 25.2 Å². The van der Waals surface area contributed by atoms with Gasteiger partial charge in [-0.25, -0.2) is 0 Å². The topological polar surface area (TPSA) is 93.9 Å². The van der Waals surface area contributed by atoms with Gasteiger partial charge in [0.1, 0.15) is 5.56 Å². The first kappa shape index (κ1) is 21.6. The lowest BCUT2D eigenvalue weighted by atomic mass is 9.96. The molecule has 0 bridgehead atoms. The van der Waals surface area contributed by atoms with Gasteiger partial charge < -0.3 is 14.8 Å². The molecule has 1 saturated heterocycles. The number of ether oxygens (including phenoxy) is 2. The number of hydrogen-bond acceptors (Lipinski definition) is 6. The Bertz CT molecular complexity index is 880. The Kier molecular flexibility index (Phi) is 7.24. The van der Waals surface area contributed by atoms with E-state index in [0.717, 1.165) is 32.5 Å². The number of hydrogen-bond donors (Lipinski definition) is 1. The number of methoxy groups -OCH3 is 2. The van der Waals surface area contributed by atoms with Gasteiger partial charge in [0.15, 0.2) is 11.5 Å². The van der Waals surface area contributed by atoms with Crippen molar-refractivity contribution in [2.75, 3.05) is 33.9 Å². The second kappa shape index (κ2) is 10.1. The quantitative estimate of drug-likeness (QED) is 0.527. The number of amides is 1. The zero-order valence-electron chi connectivity index (χ0n) is 17.3. The Balaban J connectivity index is 1.56. The third-order valence-electron chi connectivity index (χ3n) is 5.45. The summed E-state index contributed by atoms with van der Waals surface area (Å²) in [4.78, 5) is 25.9. The highest BCUT2D eigenvalue weighted by molar-refractivity contribution is 5.99. The van der Waals surface area contributed by atoms with Crippen molar-refractivity contribution in [2.24, 2.45) is 5.92 Å². The number of rotatable bonds is 8. The van der Waals surface area contributed by atoms with Crippen LogP contribution in [0.2, 0.25) is 0 Å². The van der Waals surface area contributed by atoms with Crippen LogP contribution in [0.1, 0.15) is 28.8 Å². The molecule has 1 aliphatic rings. The molecule has 1 fully saturated rings. The summed E-state index contributed by atoms with van der Waals surface area (Å²) in [5.74, 6) is 0.364. The van der Waals surface area contributed by atoms with Crippen molar-refractivity contribution in [3.8, 4) is 11.5 Å². The summed E-state index contributed by atoms with van der Waals surface area (Å²) in [7, 11) is 2.82. The molecule has 0 unspecified atom stereocenters. The molecule has 0 radical (unpaired) electrons. The molecule has 0 spiro atoms. The van der Waals surface area contributed by atoms with Crippen LogP contribution in [0.4, 0.5) is 5.69 Å². The van der Waals surface area contributed by atoms with Crippen LogP contribution in [0.15, 0.2) is 42.5 Å². The van der Waals surface area contributed by atoms with Crippen molar-refractivity contribution in [1.29, 1.82) is 0 Å². The normalized spacial score (nSPS) is 14.9. The molecule has 0 aliphatic carbocycles. The number of nitro groups is 1. The Hall–Kier alpha value is -3.13. The number of nitrogens with zero attached hydrogens (tertiary/aromatic N) is 2. The van der Waals surface area contributed by atoms with Crippen molar-refractivity contribution < 1.29 is 19.2 Å². The van der Waals surface area contributed by atoms with Crippen molar-refractivity contribution in [1.82, 2.24) is 10.2 Å². The van der Waals surface area contributed by atoms with Gasteiger partial charge in [-0.3, -0.25) is 19.8 Å². The van der Waals surface area contributed by atoms with Crippen LogP contribution in [-0.4, -0.2) is 49.6 Å². The Morgan fingerprint density at radius 2 is 1.77 bits per heavy atom. The molecule has 0 atom stereocenters. The summed E-state index contributed by atoms with van der Waals surface area (Å²) in [6, 6.07) is 12.9. The maximum Gasteiger partial charge on any atom is 0.286 e. The molecule has 8 nitrogen and oxygen atoms in total. The van der Waals surface area contributed by atoms with Gasteiger partial charge in [0.2, 0.25) is 0 Å². The van der Waals surface area contributed by atoms with Crippen molar-refractivity contribution in [3.05, 3.63) is 63.7 Å². The molecule has 2 aromatic rings. The zero-order valence-corrected chi connectivity index (χ0v) is 17.3. The minimum atomic E-state index is -0.584. The highest BCUT2D eigenvalue weighted by Gasteiger charge is 2.26. The molecule has 8 heteroatoms. The van der Waals surface area contributed by atoms with E-state index in [0.29, 0.717) is 12.5 Å². The first-order valence-electron chi connectivity index (χ1n) is 9.96. The van der Waals surface area contributed by atoms with Gasteiger partial charge in [-0.15, -0.1) is 0 Å². The largest absolute Gasteiger partial charge is 0.493 e. The van der Waals surface area contributed by atoms with Crippen LogP contribution < -0.4 is 14.8 Å².